The van der Waals surface area contributed by atoms with Crippen molar-refractivity contribution < 1.29 is 33.0 Å². The van der Waals surface area contributed by atoms with Crippen molar-refractivity contribution in [2.24, 2.45) is 0 Å². The Balaban J connectivity index is 1.99. The van der Waals surface area contributed by atoms with E-state index in [1.54, 1.807) is 32.0 Å². The number of carboxylic acid groups (broad SMARTS) is 1. The molecule has 1 amide bonds. The van der Waals surface area contributed by atoms with Crippen LogP contribution in [0.1, 0.15) is 43.6 Å². The number of H-pyrrole nitrogens is 1. The number of halogens is 3. The average Bonchev–Trinajstić information content (AvgIpc) is 3.21. The number of aromatic nitrogens is 2. The number of aromatic amines is 1. The molecule has 3 rings (SSSR count). The zero-order valence-corrected chi connectivity index (χ0v) is 19.4. The van der Waals surface area contributed by atoms with Crippen LogP contribution in [0.4, 0.5) is 26.0 Å². The van der Waals surface area contributed by atoms with Gasteiger partial charge >= 0.3 is 11.9 Å². The largest absolute Gasteiger partial charge is 0.478 e. The summed E-state index contributed by atoms with van der Waals surface area (Å²) in [6.45, 7) is 3.36. The van der Waals surface area contributed by atoms with Crippen molar-refractivity contribution in [2.45, 2.75) is 13.8 Å². The van der Waals surface area contributed by atoms with Crippen molar-refractivity contribution in [3.05, 3.63) is 67.9 Å². The molecule has 0 aliphatic rings. The number of anilines is 3. The lowest BCUT2D eigenvalue weighted by Gasteiger charge is -2.15. The first-order valence-corrected chi connectivity index (χ1v) is 10.5. The van der Waals surface area contributed by atoms with Crippen LogP contribution in [0.15, 0.2) is 30.5 Å². The second-order valence-corrected chi connectivity index (χ2v) is 7.94. The predicted molar refractivity (Wildman–Crippen MR) is 123 cm³/mol. The molecule has 0 atom stereocenters. The highest BCUT2D eigenvalue weighted by Gasteiger charge is 2.27. The van der Waals surface area contributed by atoms with E-state index in [4.69, 9.17) is 4.74 Å². The number of amides is 1. The molecule has 3 aromatic rings. The van der Waals surface area contributed by atoms with Crippen molar-refractivity contribution in [3.63, 3.8) is 0 Å². The van der Waals surface area contributed by atoms with Gasteiger partial charge in [0.2, 0.25) is 0 Å². The molecule has 0 radical (unpaired) electrons. The number of esters is 1. The fourth-order valence-electron chi connectivity index (χ4n) is 2.91. The van der Waals surface area contributed by atoms with Crippen LogP contribution in [-0.2, 0) is 4.74 Å². The molecule has 0 spiro atoms. The molecule has 0 bridgehead atoms. The predicted octanol–water partition coefficient (Wildman–Crippen LogP) is 4.47. The van der Waals surface area contributed by atoms with Crippen LogP contribution < -0.4 is 10.6 Å². The van der Waals surface area contributed by atoms with Crippen LogP contribution >= 0.6 is 22.6 Å². The van der Waals surface area contributed by atoms with Gasteiger partial charge in [0.1, 0.15) is 11.4 Å². The number of aryl methyl sites for hydroxylation is 1. The van der Waals surface area contributed by atoms with Crippen LogP contribution in [0, 0.1) is 22.1 Å². The van der Waals surface area contributed by atoms with E-state index in [2.05, 4.69) is 43.4 Å². The Morgan fingerprint density at radius 2 is 1.88 bits per heavy atom. The highest BCUT2D eigenvalue weighted by molar-refractivity contribution is 14.1. The number of nitrogens with zero attached hydrogens (tertiary/aromatic N) is 1. The number of carbonyl (C=O) groups is 3. The van der Waals surface area contributed by atoms with Gasteiger partial charge in [0.25, 0.3) is 5.91 Å². The minimum absolute atomic E-state index is 0.0632. The molecule has 172 valence electrons. The number of aromatic carboxylic acids is 1. The minimum atomic E-state index is -1.58. The summed E-state index contributed by atoms with van der Waals surface area (Å²) in [4.78, 5) is 36.3. The van der Waals surface area contributed by atoms with Crippen molar-refractivity contribution >= 4 is 57.6 Å². The molecule has 0 saturated heterocycles. The highest BCUT2D eigenvalue weighted by Crippen LogP contribution is 2.31. The van der Waals surface area contributed by atoms with Crippen LogP contribution in [0.5, 0.6) is 0 Å². The highest BCUT2D eigenvalue weighted by atomic mass is 127. The van der Waals surface area contributed by atoms with Gasteiger partial charge in [-0.25, -0.2) is 18.4 Å². The minimum Gasteiger partial charge on any atom is -0.478 e. The first kappa shape index (κ1) is 24.1. The summed E-state index contributed by atoms with van der Waals surface area (Å²) in [5, 5.41) is 20.3. The van der Waals surface area contributed by atoms with E-state index in [0.29, 0.717) is 17.3 Å². The molecule has 0 saturated carbocycles. The Morgan fingerprint density at radius 1 is 1.15 bits per heavy atom. The normalized spacial score (nSPS) is 10.6. The van der Waals surface area contributed by atoms with Crippen LogP contribution in [0.2, 0.25) is 0 Å². The lowest BCUT2D eigenvalue weighted by Crippen LogP contribution is -2.19. The van der Waals surface area contributed by atoms with Gasteiger partial charge in [-0.3, -0.25) is 9.89 Å². The van der Waals surface area contributed by atoms with E-state index in [1.165, 1.54) is 0 Å². The van der Waals surface area contributed by atoms with E-state index in [1.807, 2.05) is 0 Å². The van der Waals surface area contributed by atoms with Gasteiger partial charge < -0.3 is 20.5 Å². The number of hydrogen-bond donors (Lipinski definition) is 4. The summed E-state index contributed by atoms with van der Waals surface area (Å²) in [5.41, 5.74) is -1.27. The van der Waals surface area contributed by atoms with Gasteiger partial charge in [-0.1, -0.05) is 0 Å². The summed E-state index contributed by atoms with van der Waals surface area (Å²) in [6, 6.07) is 5.78. The molecule has 12 heteroatoms. The van der Waals surface area contributed by atoms with E-state index in [9.17, 15) is 28.3 Å². The monoisotopic (exact) mass is 570 g/mol. The maximum atomic E-state index is 15.0. The molecule has 2 aromatic carbocycles. The molecular weight excluding hydrogens is 553 g/mol. The summed E-state index contributed by atoms with van der Waals surface area (Å²) >= 11 is 2.08. The summed E-state index contributed by atoms with van der Waals surface area (Å²) in [7, 11) is 0. The number of hydrogen-bond acceptors (Lipinski definition) is 6. The Bertz CT molecular complexity index is 1260. The van der Waals surface area contributed by atoms with E-state index < -0.39 is 46.3 Å². The maximum Gasteiger partial charge on any atom is 0.343 e. The van der Waals surface area contributed by atoms with Crippen molar-refractivity contribution in [1.29, 1.82) is 0 Å². The fourth-order valence-corrected chi connectivity index (χ4v) is 3.56. The van der Waals surface area contributed by atoms with Gasteiger partial charge in [0, 0.05) is 9.26 Å². The summed E-state index contributed by atoms with van der Waals surface area (Å²) in [5.74, 6) is -6.91. The first-order valence-electron chi connectivity index (χ1n) is 9.44. The molecule has 1 heterocycles. The zero-order chi connectivity index (χ0) is 24.3. The van der Waals surface area contributed by atoms with Crippen molar-refractivity contribution in [2.75, 3.05) is 17.2 Å². The second kappa shape index (κ2) is 9.94. The average molecular weight is 570 g/mol. The van der Waals surface area contributed by atoms with Gasteiger partial charge in [0.05, 0.1) is 29.6 Å². The number of rotatable bonds is 7. The molecule has 4 N–H and O–H groups in total. The third-order valence-electron chi connectivity index (χ3n) is 4.50. The van der Waals surface area contributed by atoms with E-state index in [-0.39, 0.29) is 18.0 Å². The number of nitrogens with one attached hydrogen (secondary N) is 3. The lowest BCUT2D eigenvalue weighted by atomic mass is 10.0. The summed E-state index contributed by atoms with van der Waals surface area (Å²) in [6.07, 6.45) is 1.09. The summed E-state index contributed by atoms with van der Waals surface area (Å²) < 4.78 is 35.5. The standard InChI is InChI=1S/C21H17F2IN4O5/c1-3-33-21(32)13-8-25-28-18(13)27-19(29)11-7-12(20(30)31)17(16(23)15(11)22)26-14-5-4-10(24)6-9(14)2/h4-8,26H,3H2,1-2H3,(H,30,31)(H2,25,27,28,29). The Kier molecular flexibility index (Phi) is 7.26. The Morgan fingerprint density at radius 3 is 2.52 bits per heavy atom. The smallest absolute Gasteiger partial charge is 0.343 e. The first-order chi connectivity index (χ1) is 15.6. The van der Waals surface area contributed by atoms with Gasteiger partial charge in [-0.2, -0.15) is 5.10 Å². The SMILES string of the molecule is CCOC(=O)c1cn[nH]c1NC(=O)c1cc(C(=O)O)c(Nc2ccc(I)cc2C)c(F)c1F. The maximum absolute atomic E-state index is 15.0. The van der Waals surface area contributed by atoms with Gasteiger partial charge in [-0.15, -0.1) is 0 Å². The quantitative estimate of drug-likeness (QED) is 0.243. The number of ether oxygens (including phenoxy) is 1. The van der Waals surface area contributed by atoms with E-state index in [0.717, 1.165) is 9.77 Å². The van der Waals surface area contributed by atoms with Gasteiger partial charge in [-0.05, 0) is 66.3 Å². The van der Waals surface area contributed by atoms with Crippen LogP contribution in [0.3, 0.4) is 0 Å². The van der Waals surface area contributed by atoms with Gasteiger partial charge in [0.15, 0.2) is 11.6 Å². The number of benzene rings is 2. The third kappa shape index (κ3) is 5.10. The molecule has 0 aliphatic heterocycles. The Labute approximate surface area is 199 Å². The molecule has 9 nitrogen and oxygen atoms in total. The third-order valence-corrected chi connectivity index (χ3v) is 5.17. The van der Waals surface area contributed by atoms with Crippen molar-refractivity contribution in [1.82, 2.24) is 10.2 Å². The molecule has 0 aliphatic carbocycles. The van der Waals surface area contributed by atoms with Crippen LogP contribution in [-0.4, -0.2) is 39.8 Å². The molecule has 1 aromatic heterocycles. The number of carboxylic acids is 1. The lowest BCUT2D eigenvalue weighted by molar-refractivity contribution is 0.0527. The Hall–Kier alpha value is -3.55. The second-order valence-electron chi connectivity index (χ2n) is 6.70. The molecular formula is C21H17F2IN4O5. The zero-order valence-electron chi connectivity index (χ0n) is 17.3. The topological polar surface area (TPSA) is 133 Å². The molecule has 0 fully saturated rings. The van der Waals surface area contributed by atoms with E-state index >= 15 is 0 Å². The molecule has 33 heavy (non-hydrogen) atoms. The fraction of sp³-hybridized carbons (Fsp3) is 0.143. The van der Waals surface area contributed by atoms with Crippen LogP contribution in [0.25, 0.3) is 0 Å². The molecule has 0 unspecified atom stereocenters. The van der Waals surface area contributed by atoms with Crippen molar-refractivity contribution in [3.8, 4) is 0 Å². The number of carbonyl (C=O) groups excluding carboxylic acids is 2.